The zero-order valence-electron chi connectivity index (χ0n) is 19.3. The summed E-state index contributed by atoms with van der Waals surface area (Å²) in [5.74, 6) is 1.67. The molecule has 2 aromatic heterocycles. The quantitative estimate of drug-likeness (QED) is 0.216. The van der Waals surface area contributed by atoms with E-state index in [0.717, 1.165) is 56.2 Å². The van der Waals surface area contributed by atoms with Crippen molar-refractivity contribution in [2.75, 3.05) is 0 Å². The van der Waals surface area contributed by atoms with Gasteiger partial charge in [0.1, 0.15) is 6.33 Å². The van der Waals surface area contributed by atoms with Crippen molar-refractivity contribution < 1.29 is 20.1 Å². The Labute approximate surface area is 217 Å². The molecule has 0 unspecified atom stereocenters. The summed E-state index contributed by atoms with van der Waals surface area (Å²) in [6, 6.07) is 34.6. The molecule has 35 heavy (non-hydrogen) atoms. The van der Waals surface area contributed by atoms with Gasteiger partial charge in [-0.3, -0.25) is 4.98 Å². The Kier molecular flexibility index (Phi) is 6.16. The van der Waals surface area contributed by atoms with Crippen LogP contribution in [0.1, 0.15) is 5.82 Å². The van der Waals surface area contributed by atoms with Crippen molar-refractivity contribution in [2.45, 2.75) is 6.92 Å². The molecule has 0 amide bonds. The molecule has 0 bridgehead atoms. The molecule has 0 atom stereocenters. The predicted octanol–water partition coefficient (Wildman–Crippen LogP) is 6.26. The van der Waals surface area contributed by atoms with Crippen LogP contribution in [0.4, 0.5) is 0 Å². The summed E-state index contributed by atoms with van der Waals surface area (Å²) in [4.78, 5) is 4.70. The van der Waals surface area contributed by atoms with Crippen LogP contribution in [0.3, 0.4) is 0 Å². The molecule has 0 aliphatic rings. The van der Waals surface area contributed by atoms with E-state index < -0.39 is 0 Å². The van der Waals surface area contributed by atoms with Crippen molar-refractivity contribution >= 4 is 11.0 Å². The first kappa shape index (κ1) is 22.9. The van der Waals surface area contributed by atoms with Crippen molar-refractivity contribution in [2.24, 2.45) is 7.05 Å². The molecule has 6 aromatic rings. The van der Waals surface area contributed by atoms with Gasteiger partial charge in [0.15, 0.2) is 0 Å². The second-order valence-corrected chi connectivity index (χ2v) is 8.26. The molecule has 0 saturated heterocycles. The molecule has 2 heterocycles. The second-order valence-electron chi connectivity index (χ2n) is 8.26. The topological polar surface area (TPSA) is 48.5 Å². The summed E-state index contributed by atoms with van der Waals surface area (Å²) in [5.41, 5.74) is 8.30. The predicted molar refractivity (Wildman–Crippen MR) is 136 cm³/mol. The van der Waals surface area contributed by atoms with E-state index in [4.69, 9.17) is 4.98 Å². The minimum Gasteiger partial charge on any atom is -0.371 e. The summed E-state index contributed by atoms with van der Waals surface area (Å²) in [7, 11) is 2.02. The molecule has 4 aromatic carbocycles. The third-order valence-corrected chi connectivity index (χ3v) is 6.27. The molecular formula is C29H22IrN5-. The van der Waals surface area contributed by atoms with Gasteiger partial charge in [0.25, 0.3) is 0 Å². The Hall–Kier alpha value is -3.86. The number of fused-ring (bicyclic) bond motifs is 1. The van der Waals surface area contributed by atoms with Gasteiger partial charge in [-0.1, -0.05) is 84.4 Å². The van der Waals surface area contributed by atoms with Crippen LogP contribution in [0.25, 0.3) is 50.4 Å². The molecule has 6 rings (SSSR count). The third-order valence-electron chi connectivity index (χ3n) is 6.27. The van der Waals surface area contributed by atoms with E-state index >= 15 is 0 Å². The van der Waals surface area contributed by atoms with E-state index in [1.807, 2.05) is 38.2 Å². The largest absolute Gasteiger partial charge is 0.371 e. The van der Waals surface area contributed by atoms with Crippen molar-refractivity contribution in [3.8, 4) is 39.3 Å². The number of hydrogen-bond donors (Lipinski definition) is 0. The zero-order chi connectivity index (χ0) is 23.1. The second kappa shape index (κ2) is 9.41. The van der Waals surface area contributed by atoms with Crippen LogP contribution >= 0.6 is 0 Å². The third kappa shape index (κ3) is 3.91. The standard InChI is InChI=1S/C29H22N5.Ir/c1-20-31-26-18-10-17-25(28(26)33(20)2)29-32-30-19-34(29)27-23(21-11-5-3-6-12-21)15-9-16-24(27)22-13-7-4-8-14-22;/h3-16,18-19H,1-2H3;/q-1;. The number of imidazole rings is 1. The molecule has 0 N–H and O–H groups in total. The van der Waals surface area contributed by atoms with Gasteiger partial charge < -0.3 is 9.13 Å². The summed E-state index contributed by atoms with van der Waals surface area (Å²) >= 11 is 0. The van der Waals surface area contributed by atoms with Crippen LogP contribution < -0.4 is 0 Å². The Morgan fingerprint density at radius 1 is 0.771 bits per heavy atom. The molecule has 0 spiro atoms. The number of hydrogen-bond acceptors (Lipinski definition) is 3. The smallest absolute Gasteiger partial charge is 0.115 e. The number of nitrogens with zero attached hydrogens (tertiary/aromatic N) is 5. The Balaban J connectivity index is 0.00000253. The van der Waals surface area contributed by atoms with Crippen LogP contribution in [0.2, 0.25) is 0 Å². The van der Waals surface area contributed by atoms with Gasteiger partial charge >= 0.3 is 0 Å². The van der Waals surface area contributed by atoms with Crippen LogP contribution in [0, 0.1) is 13.0 Å². The summed E-state index contributed by atoms with van der Waals surface area (Å²) in [6.45, 7) is 2.01. The number of benzene rings is 4. The van der Waals surface area contributed by atoms with E-state index in [0.29, 0.717) is 0 Å². The van der Waals surface area contributed by atoms with Crippen LogP contribution in [0.5, 0.6) is 0 Å². The average Bonchev–Trinajstić information content (AvgIpc) is 3.49. The molecule has 1 radical (unpaired) electrons. The van der Waals surface area contributed by atoms with E-state index in [1.165, 1.54) is 0 Å². The van der Waals surface area contributed by atoms with Gasteiger partial charge in [0.05, 0.1) is 17.3 Å². The van der Waals surface area contributed by atoms with Crippen molar-refractivity contribution in [3.05, 3.63) is 109 Å². The fraction of sp³-hybridized carbons (Fsp3) is 0.0690. The molecule has 0 aliphatic carbocycles. The van der Waals surface area contributed by atoms with Gasteiger partial charge in [-0.25, -0.2) is 0 Å². The molecular weight excluding hydrogens is 611 g/mol. The van der Waals surface area contributed by atoms with E-state index in [1.54, 1.807) is 6.33 Å². The maximum atomic E-state index is 4.70. The molecule has 6 heteroatoms. The maximum absolute atomic E-state index is 4.70. The van der Waals surface area contributed by atoms with E-state index in [9.17, 15) is 0 Å². The van der Waals surface area contributed by atoms with Crippen molar-refractivity contribution in [1.82, 2.24) is 24.3 Å². The van der Waals surface area contributed by atoms with Gasteiger partial charge in [0, 0.05) is 43.8 Å². The van der Waals surface area contributed by atoms with Crippen LogP contribution in [-0.2, 0) is 27.2 Å². The van der Waals surface area contributed by atoms with Crippen molar-refractivity contribution in [1.29, 1.82) is 0 Å². The van der Waals surface area contributed by atoms with E-state index in [-0.39, 0.29) is 20.1 Å². The number of rotatable bonds is 4. The monoisotopic (exact) mass is 633 g/mol. The molecule has 0 saturated carbocycles. The number of para-hydroxylation sites is 1. The normalized spacial score (nSPS) is 10.9. The van der Waals surface area contributed by atoms with Gasteiger partial charge in [-0.05, 0) is 23.6 Å². The molecule has 173 valence electrons. The summed E-state index contributed by atoms with van der Waals surface area (Å²) in [6.07, 6.45) is 1.79. The SMILES string of the molecule is Cc1nc2cc[c-]c(-c3nncn3-c3c(-c4ccccc4)cccc3-c3ccccc3)c2n1C.[Ir]. The van der Waals surface area contributed by atoms with Gasteiger partial charge in [-0.2, -0.15) is 5.10 Å². The first-order valence-corrected chi connectivity index (χ1v) is 11.2. The Morgan fingerprint density at radius 2 is 1.40 bits per heavy atom. The number of aromatic nitrogens is 5. The summed E-state index contributed by atoms with van der Waals surface area (Å²) < 4.78 is 4.17. The summed E-state index contributed by atoms with van der Waals surface area (Å²) in [5, 5.41) is 8.92. The van der Waals surface area contributed by atoms with Crippen LogP contribution in [0.15, 0.2) is 97.3 Å². The minimum atomic E-state index is 0. The maximum Gasteiger partial charge on any atom is 0.115 e. The van der Waals surface area contributed by atoms with Gasteiger partial charge in [0.2, 0.25) is 0 Å². The zero-order valence-corrected chi connectivity index (χ0v) is 21.7. The van der Waals surface area contributed by atoms with Gasteiger partial charge in [-0.15, -0.1) is 23.3 Å². The Bertz CT molecular complexity index is 1560. The fourth-order valence-electron chi connectivity index (χ4n) is 4.56. The number of aryl methyl sites for hydroxylation is 2. The molecule has 0 fully saturated rings. The fourth-order valence-corrected chi connectivity index (χ4v) is 4.56. The first-order chi connectivity index (χ1) is 16.7. The minimum absolute atomic E-state index is 0. The van der Waals surface area contributed by atoms with Crippen molar-refractivity contribution in [3.63, 3.8) is 0 Å². The molecule has 5 nitrogen and oxygen atoms in total. The first-order valence-electron chi connectivity index (χ1n) is 11.2. The Morgan fingerprint density at radius 3 is 2.03 bits per heavy atom. The average molecular weight is 633 g/mol. The van der Waals surface area contributed by atoms with E-state index in [2.05, 4.69) is 92.1 Å². The molecule has 0 aliphatic heterocycles. The van der Waals surface area contributed by atoms with Crippen LogP contribution in [-0.4, -0.2) is 24.3 Å².